The molecule has 4 heterocycles. The van der Waals surface area contributed by atoms with Crippen LogP contribution in [-0.2, 0) is 23.1 Å². The second kappa shape index (κ2) is 7.13. The van der Waals surface area contributed by atoms with Crippen LogP contribution >= 0.6 is 0 Å². The first-order chi connectivity index (χ1) is 13.4. The zero-order valence-corrected chi connectivity index (χ0v) is 15.8. The highest BCUT2D eigenvalue weighted by Crippen LogP contribution is 2.40. The first-order valence-electron chi connectivity index (χ1n) is 9.67. The van der Waals surface area contributed by atoms with Crippen LogP contribution < -0.4 is 5.56 Å². The van der Waals surface area contributed by atoms with Crippen LogP contribution in [0, 0.1) is 5.82 Å². The van der Waals surface area contributed by atoms with E-state index < -0.39 is 22.5 Å². The second-order valence-electron chi connectivity index (χ2n) is 7.70. The highest BCUT2D eigenvalue weighted by atomic mass is 19.1. The summed E-state index contributed by atoms with van der Waals surface area (Å²) in [5.74, 6) is -0.785. The highest BCUT2D eigenvalue weighted by Gasteiger charge is 2.44. The van der Waals surface area contributed by atoms with Gasteiger partial charge in [-0.2, -0.15) is 0 Å². The Morgan fingerprint density at radius 3 is 2.79 bits per heavy atom. The van der Waals surface area contributed by atoms with Crippen LogP contribution in [0.4, 0.5) is 4.39 Å². The lowest BCUT2D eigenvalue weighted by Crippen LogP contribution is -2.39. The number of aromatic nitrogens is 2. The first-order valence-corrected chi connectivity index (χ1v) is 9.67. The van der Waals surface area contributed by atoms with Crippen LogP contribution in [0.3, 0.4) is 0 Å². The Morgan fingerprint density at radius 1 is 1.39 bits per heavy atom. The number of aryl methyl sites for hydroxylation is 1. The highest BCUT2D eigenvalue weighted by molar-refractivity contribution is 5.96. The van der Waals surface area contributed by atoms with Gasteiger partial charge in [0, 0.05) is 6.42 Å². The number of Topliss-reactive ketones (excluding diaryl/α,β-unsaturated/α-hetero) is 1. The predicted octanol–water partition coefficient (Wildman–Crippen LogP) is 2.74. The van der Waals surface area contributed by atoms with E-state index in [2.05, 4.69) is 4.98 Å². The maximum Gasteiger partial charge on any atom is 0.296 e. The molecule has 2 bridgehead atoms. The van der Waals surface area contributed by atoms with Crippen LogP contribution in [-0.4, -0.2) is 33.2 Å². The number of nitrogens with zero attached hydrogens (tertiary/aromatic N) is 2. The van der Waals surface area contributed by atoms with Gasteiger partial charge in [0.05, 0.1) is 24.7 Å². The van der Waals surface area contributed by atoms with Gasteiger partial charge in [0.1, 0.15) is 11.6 Å². The molecule has 148 valence electrons. The van der Waals surface area contributed by atoms with Gasteiger partial charge < -0.3 is 9.84 Å². The smallest absolute Gasteiger partial charge is 0.296 e. The Labute approximate surface area is 162 Å². The van der Waals surface area contributed by atoms with E-state index in [-0.39, 0.29) is 24.0 Å². The lowest BCUT2D eigenvalue weighted by molar-refractivity contribution is -0.0260. The lowest BCUT2D eigenvalue weighted by atomic mass is 9.79. The number of ketones is 1. The molecule has 2 unspecified atom stereocenters. The number of benzene rings is 1. The van der Waals surface area contributed by atoms with Crippen LogP contribution in [0.2, 0.25) is 0 Å². The molecule has 1 aromatic carbocycles. The summed E-state index contributed by atoms with van der Waals surface area (Å²) < 4.78 is 20.4. The van der Waals surface area contributed by atoms with Gasteiger partial charge in [-0.25, -0.2) is 9.37 Å². The van der Waals surface area contributed by atoms with E-state index in [1.54, 1.807) is 12.1 Å². The lowest BCUT2D eigenvalue weighted by Gasteiger charge is -2.35. The van der Waals surface area contributed by atoms with E-state index in [4.69, 9.17) is 4.74 Å². The fourth-order valence-corrected chi connectivity index (χ4v) is 4.17. The van der Waals surface area contributed by atoms with Crippen LogP contribution in [0.5, 0.6) is 5.75 Å². The molecule has 6 nitrogen and oxygen atoms in total. The number of halogens is 1. The summed E-state index contributed by atoms with van der Waals surface area (Å²) >= 11 is 0. The molecule has 1 aromatic heterocycles. The maximum atomic E-state index is 13.0. The fourth-order valence-electron chi connectivity index (χ4n) is 4.17. The SMILES string of the molecule is CCC12CCC(Cn3c1nc(C(=O)CCc1ccc(F)cc1)c(O)c3=O)OC2. The van der Waals surface area contributed by atoms with Gasteiger partial charge in [-0.1, -0.05) is 19.1 Å². The molecule has 5 rings (SSSR count). The van der Waals surface area contributed by atoms with Gasteiger partial charge in [-0.05, 0) is 43.4 Å². The Kier molecular flexibility index (Phi) is 4.79. The monoisotopic (exact) mass is 386 g/mol. The average Bonchev–Trinajstić information content (AvgIpc) is 2.97. The van der Waals surface area contributed by atoms with E-state index in [0.717, 1.165) is 24.8 Å². The average molecular weight is 386 g/mol. The number of aromatic hydroxyl groups is 1. The van der Waals surface area contributed by atoms with Crippen molar-refractivity contribution < 1.29 is 19.0 Å². The molecule has 3 aliphatic rings. The van der Waals surface area contributed by atoms with Gasteiger partial charge in [-0.15, -0.1) is 0 Å². The molecule has 0 radical (unpaired) electrons. The maximum absolute atomic E-state index is 13.0. The predicted molar refractivity (Wildman–Crippen MR) is 100 cm³/mol. The van der Waals surface area contributed by atoms with Crippen molar-refractivity contribution in [2.75, 3.05) is 6.61 Å². The molecule has 7 heteroatoms. The molecule has 0 aliphatic carbocycles. The van der Waals surface area contributed by atoms with Crippen LogP contribution in [0.25, 0.3) is 0 Å². The fraction of sp³-hybridized carbons (Fsp3) is 0.476. The van der Waals surface area contributed by atoms with Crippen LogP contribution in [0.1, 0.15) is 54.5 Å². The molecule has 1 fully saturated rings. The van der Waals surface area contributed by atoms with Crippen molar-refractivity contribution in [3.63, 3.8) is 0 Å². The van der Waals surface area contributed by atoms with Crippen molar-refractivity contribution in [1.82, 2.24) is 9.55 Å². The number of carbonyl (C=O) groups excluding carboxylic acids is 1. The molecule has 3 aliphatic heterocycles. The largest absolute Gasteiger partial charge is 0.501 e. The number of carbonyl (C=O) groups is 1. The molecule has 0 saturated carbocycles. The number of hydrogen-bond donors (Lipinski definition) is 1. The minimum atomic E-state index is -0.597. The van der Waals surface area contributed by atoms with E-state index in [1.165, 1.54) is 16.7 Å². The van der Waals surface area contributed by atoms with Crippen molar-refractivity contribution in [3.8, 4) is 5.75 Å². The van der Waals surface area contributed by atoms with Crippen molar-refractivity contribution in [2.45, 2.75) is 57.1 Å². The van der Waals surface area contributed by atoms with Crippen molar-refractivity contribution in [3.05, 3.63) is 57.5 Å². The van der Waals surface area contributed by atoms with Gasteiger partial charge in [-0.3, -0.25) is 14.2 Å². The Bertz CT molecular complexity index is 960. The summed E-state index contributed by atoms with van der Waals surface area (Å²) in [4.78, 5) is 30.1. The van der Waals surface area contributed by atoms with Crippen molar-refractivity contribution in [2.24, 2.45) is 0 Å². The minimum absolute atomic E-state index is 0.0696. The summed E-state index contributed by atoms with van der Waals surface area (Å²) in [6.45, 7) is 2.84. The van der Waals surface area contributed by atoms with Crippen molar-refractivity contribution in [1.29, 1.82) is 0 Å². The first kappa shape index (κ1) is 18.8. The van der Waals surface area contributed by atoms with E-state index in [9.17, 15) is 19.1 Å². The normalized spacial score (nSPS) is 23.3. The van der Waals surface area contributed by atoms with Gasteiger partial charge in [0.2, 0.25) is 5.75 Å². The third-order valence-electron chi connectivity index (χ3n) is 6.04. The number of fused-ring (bicyclic) bond motifs is 2. The molecule has 1 N–H and O–H groups in total. The van der Waals surface area contributed by atoms with E-state index >= 15 is 0 Å². The second-order valence-corrected chi connectivity index (χ2v) is 7.70. The summed E-state index contributed by atoms with van der Waals surface area (Å²) in [6.07, 6.45) is 2.79. The number of rotatable bonds is 5. The summed E-state index contributed by atoms with van der Waals surface area (Å²) in [5, 5.41) is 10.4. The van der Waals surface area contributed by atoms with Gasteiger partial charge in [0.25, 0.3) is 5.56 Å². The number of ether oxygens (including phenoxy) is 1. The topological polar surface area (TPSA) is 81.4 Å². The Hall–Kier alpha value is -2.54. The molecular formula is C21H23FN2O4. The molecule has 28 heavy (non-hydrogen) atoms. The van der Waals surface area contributed by atoms with E-state index in [1.807, 2.05) is 6.92 Å². The van der Waals surface area contributed by atoms with Gasteiger partial charge >= 0.3 is 0 Å². The minimum Gasteiger partial charge on any atom is -0.501 e. The van der Waals surface area contributed by atoms with Crippen LogP contribution in [0.15, 0.2) is 29.1 Å². The van der Waals surface area contributed by atoms with Crippen molar-refractivity contribution >= 4 is 5.78 Å². The summed E-state index contributed by atoms with van der Waals surface area (Å²) in [5.41, 5.74) is -0.356. The summed E-state index contributed by atoms with van der Waals surface area (Å²) in [7, 11) is 0. The zero-order valence-electron chi connectivity index (χ0n) is 15.8. The van der Waals surface area contributed by atoms with Gasteiger partial charge in [0.15, 0.2) is 11.5 Å². The standard InChI is InChI=1S/C21H23FN2O4/c1-2-21-10-9-15(28-12-21)11-24-19(27)18(26)17(23-20(21)24)16(25)8-5-13-3-6-14(22)7-4-13/h3-4,6-7,15,26H,2,5,8-12H2,1H3. The third kappa shape index (κ3) is 3.13. The molecule has 2 atom stereocenters. The molecule has 1 saturated heterocycles. The molecule has 2 aromatic rings. The zero-order chi connectivity index (χ0) is 19.9. The molecule has 0 amide bonds. The quantitative estimate of drug-likeness (QED) is 0.799. The number of hydrogen-bond acceptors (Lipinski definition) is 5. The summed E-state index contributed by atoms with van der Waals surface area (Å²) in [6, 6.07) is 5.91. The molecular weight excluding hydrogens is 363 g/mol. The Morgan fingerprint density at radius 2 is 2.14 bits per heavy atom. The van der Waals surface area contributed by atoms with E-state index in [0.29, 0.717) is 25.4 Å². The molecule has 0 spiro atoms. The Balaban J connectivity index is 1.68. The third-order valence-corrected chi connectivity index (χ3v) is 6.04.